The number of hydrogen-bond donors (Lipinski definition) is 2. The summed E-state index contributed by atoms with van der Waals surface area (Å²) in [5.41, 5.74) is 4.78. The van der Waals surface area contributed by atoms with Crippen LogP contribution in [0.2, 0.25) is 0 Å². The molecule has 0 aliphatic heterocycles. The van der Waals surface area contributed by atoms with E-state index in [1.54, 1.807) is 23.0 Å². The molecule has 168 valence electrons. The Morgan fingerprint density at radius 1 is 0.970 bits per heavy atom. The third kappa shape index (κ3) is 5.19. The van der Waals surface area contributed by atoms with Crippen LogP contribution in [0.5, 0.6) is 0 Å². The summed E-state index contributed by atoms with van der Waals surface area (Å²) in [5.74, 6) is -0.225. The van der Waals surface area contributed by atoms with E-state index in [-0.39, 0.29) is 10.8 Å². The van der Waals surface area contributed by atoms with Crippen molar-refractivity contribution in [2.24, 2.45) is 5.14 Å². The molecule has 0 saturated heterocycles. The minimum absolute atomic E-state index is 0.0616. The van der Waals surface area contributed by atoms with Crippen LogP contribution in [0, 0.1) is 6.92 Å². The Kier molecular flexibility index (Phi) is 6.39. The highest BCUT2D eigenvalue weighted by atomic mass is 32.2. The number of carbonyl (C=O) groups is 1. The van der Waals surface area contributed by atoms with Gasteiger partial charge in [0.15, 0.2) is 0 Å². The minimum Gasteiger partial charge on any atom is -0.352 e. The van der Waals surface area contributed by atoms with Crippen LogP contribution in [0.3, 0.4) is 0 Å². The van der Waals surface area contributed by atoms with Crippen molar-refractivity contribution in [1.29, 1.82) is 0 Å². The Bertz CT molecular complexity index is 1380. The van der Waals surface area contributed by atoms with Crippen LogP contribution >= 0.6 is 0 Å². The molecule has 1 heterocycles. The number of aromatic nitrogens is 2. The fourth-order valence-electron chi connectivity index (χ4n) is 3.55. The summed E-state index contributed by atoms with van der Waals surface area (Å²) in [6, 6.07) is 23.8. The lowest BCUT2D eigenvalue weighted by Gasteiger charge is -2.07. The van der Waals surface area contributed by atoms with Gasteiger partial charge in [-0.3, -0.25) is 4.79 Å². The first-order chi connectivity index (χ1) is 15.8. The van der Waals surface area contributed by atoms with E-state index < -0.39 is 10.0 Å². The second-order valence-corrected chi connectivity index (χ2v) is 9.24. The third-order valence-corrected chi connectivity index (χ3v) is 6.26. The first-order valence-corrected chi connectivity index (χ1v) is 12.0. The van der Waals surface area contributed by atoms with Gasteiger partial charge in [-0.2, -0.15) is 5.10 Å². The van der Waals surface area contributed by atoms with Gasteiger partial charge in [-0.05, 0) is 48.7 Å². The number of aryl methyl sites for hydroxylation is 1. The normalized spacial score (nSPS) is 11.3. The molecule has 0 radical (unpaired) electrons. The van der Waals surface area contributed by atoms with Crippen molar-refractivity contribution < 1.29 is 13.2 Å². The molecule has 1 aromatic heterocycles. The largest absolute Gasteiger partial charge is 0.352 e. The number of primary sulfonamides is 1. The maximum Gasteiger partial charge on any atom is 0.255 e. The molecule has 4 aromatic rings. The van der Waals surface area contributed by atoms with Gasteiger partial charge >= 0.3 is 0 Å². The molecule has 0 spiro atoms. The standard InChI is InChI=1S/C25H24N4O3S/c1-18-7-5-6-10-22(18)24-23(17-29(28-24)20-8-3-2-4-9-20)25(30)27-16-15-19-11-13-21(14-12-19)33(26,31)32/h2-14,17H,15-16H2,1H3,(H,27,30)(H2,26,31,32). The number of nitrogens with one attached hydrogen (secondary N) is 1. The molecule has 0 bridgehead atoms. The first kappa shape index (κ1) is 22.4. The molecule has 33 heavy (non-hydrogen) atoms. The zero-order valence-electron chi connectivity index (χ0n) is 18.1. The monoisotopic (exact) mass is 460 g/mol. The number of nitrogens with zero attached hydrogens (tertiary/aromatic N) is 2. The number of hydrogen-bond acceptors (Lipinski definition) is 4. The Labute approximate surface area is 192 Å². The van der Waals surface area contributed by atoms with E-state index in [4.69, 9.17) is 10.2 Å². The number of benzene rings is 3. The molecular formula is C25H24N4O3S. The highest BCUT2D eigenvalue weighted by Crippen LogP contribution is 2.26. The summed E-state index contributed by atoms with van der Waals surface area (Å²) in [7, 11) is -3.72. The first-order valence-electron chi connectivity index (χ1n) is 10.4. The summed E-state index contributed by atoms with van der Waals surface area (Å²) in [4.78, 5) is 13.2. The number of nitrogens with two attached hydrogens (primary N) is 1. The van der Waals surface area contributed by atoms with Gasteiger partial charge in [0.25, 0.3) is 5.91 Å². The molecular weight excluding hydrogens is 436 g/mol. The molecule has 0 unspecified atom stereocenters. The van der Waals surface area contributed by atoms with E-state index in [0.29, 0.717) is 24.2 Å². The summed E-state index contributed by atoms with van der Waals surface area (Å²) in [5, 5.41) is 12.8. The molecule has 7 nitrogen and oxygen atoms in total. The van der Waals surface area contributed by atoms with Crippen molar-refractivity contribution in [3.05, 3.63) is 102 Å². The molecule has 0 aliphatic carbocycles. The zero-order chi connectivity index (χ0) is 23.4. The van der Waals surface area contributed by atoms with E-state index in [1.807, 2.05) is 61.5 Å². The average molecular weight is 461 g/mol. The molecule has 4 rings (SSSR count). The SMILES string of the molecule is Cc1ccccc1-c1nn(-c2ccccc2)cc1C(=O)NCCc1ccc(S(N)(=O)=O)cc1. The van der Waals surface area contributed by atoms with Crippen LogP contribution in [0.1, 0.15) is 21.5 Å². The van der Waals surface area contributed by atoms with Crippen LogP contribution in [-0.4, -0.2) is 30.7 Å². The predicted molar refractivity (Wildman–Crippen MR) is 128 cm³/mol. The molecule has 0 fully saturated rings. The lowest BCUT2D eigenvalue weighted by atomic mass is 10.0. The average Bonchev–Trinajstić information content (AvgIpc) is 3.25. The zero-order valence-corrected chi connectivity index (χ0v) is 18.9. The number of rotatable bonds is 7. The predicted octanol–water partition coefficient (Wildman–Crippen LogP) is 3.47. The van der Waals surface area contributed by atoms with Gasteiger partial charge < -0.3 is 5.32 Å². The molecule has 3 N–H and O–H groups in total. The summed E-state index contributed by atoms with van der Waals surface area (Å²) >= 11 is 0. The van der Waals surface area contributed by atoms with Gasteiger partial charge in [0.05, 0.1) is 16.1 Å². The van der Waals surface area contributed by atoms with E-state index in [0.717, 1.165) is 22.4 Å². The summed E-state index contributed by atoms with van der Waals surface area (Å²) < 4.78 is 24.5. The van der Waals surface area contributed by atoms with Gasteiger partial charge in [-0.1, -0.05) is 54.6 Å². The highest BCUT2D eigenvalue weighted by molar-refractivity contribution is 7.89. The van der Waals surface area contributed by atoms with Crippen molar-refractivity contribution in [3.8, 4) is 16.9 Å². The molecule has 0 aliphatic rings. The number of amides is 1. The van der Waals surface area contributed by atoms with Crippen molar-refractivity contribution in [1.82, 2.24) is 15.1 Å². The van der Waals surface area contributed by atoms with E-state index in [2.05, 4.69) is 5.32 Å². The van der Waals surface area contributed by atoms with Crippen LogP contribution in [-0.2, 0) is 16.4 Å². The molecule has 8 heteroatoms. The highest BCUT2D eigenvalue weighted by Gasteiger charge is 2.19. The van der Waals surface area contributed by atoms with Crippen LogP contribution in [0.25, 0.3) is 16.9 Å². The van der Waals surface area contributed by atoms with Crippen molar-refractivity contribution >= 4 is 15.9 Å². The van der Waals surface area contributed by atoms with Gasteiger partial charge in [-0.15, -0.1) is 0 Å². The van der Waals surface area contributed by atoms with Gasteiger partial charge in [0.1, 0.15) is 5.69 Å². The number of sulfonamides is 1. The van der Waals surface area contributed by atoms with Gasteiger partial charge in [0, 0.05) is 18.3 Å². The fourth-order valence-corrected chi connectivity index (χ4v) is 4.07. The molecule has 0 atom stereocenters. The third-order valence-electron chi connectivity index (χ3n) is 5.33. The van der Waals surface area contributed by atoms with E-state index >= 15 is 0 Å². The fraction of sp³-hybridized carbons (Fsp3) is 0.120. The van der Waals surface area contributed by atoms with E-state index in [1.165, 1.54) is 12.1 Å². The Morgan fingerprint density at radius 3 is 2.30 bits per heavy atom. The van der Waals surface area contributed by atoms with Gasteiger partial charge in [-0.25, -0.2) is 18.2 Å². The Balaban J connectivity index is 1.55. The van der Waals surface area contributed by atoms with Crippen molar-refractivity contribution in [2.45, 2.75) is 18.2 Å². The van der Waals surface area contributed by atoms with E-state index in [9.17, 15) is 13.2 Å². The van der Waals surface area contributed by atoms with Crippen LogP contribution < -0.4 is 10.5 Å². The van der Waals surface area contributed by atoms with Crippen molar-refractivity contribution in [2.75, 3.05) is 6.54 Å². The number of carbonyl (C=O) groups excluding carboxylic acids is 1. The molecule has 1 amide bonds. The second kappa shape index (κ2) is 9.40. The lowest BCUT2D eigenvalue weighted by molar-refractivity contribution is 0.0954. The summed E-state index contributed by atoms with van der Waals surface area (Å²) in [6.45, 7) is 2.38. The van der Waals surface area contributed by atoms with Crippen LogP contribution in [0.15, 0.2) is 90.0 Å². The number of para-hydroxylation sites is 1. The maximum absolute atomic E-state index is 13.1. The smallest absolute Gasteiger partial charge is 0.255 e. The maximum atomic E-state index is 13.1. The van der Waals surface area contributed by atoms with Crippen LogP contribution in [0.4, 0.5) is 0 Å². The summed E-state index contributed by atoms with van der Waals surface area (Å²) in [6.07, 6.45) is 2.29. The molecule has 0 saturated carbocycles. The van der Waals surface area contributed by atoms with Gasteiger partial charge in [0.2, 0.25) is 10.0 Å². The Morgan fingerprint density at radius 2 is 1.64 bits per heavy atom. The quantitative estimate of drug-likeness (QED) is 0.440. The lowest BCUT2D eigenvalue weighted by Crippen LogP contribution is -2.26. The topological polar surface area (TPSA) is 107 Å². The second-order valence-electron chi connectivity index (χ2n) is 7.68. The minimum atomic E-state index is -3.72. The Hall–Kier alpha value is -3.75. The van der Waals surface area contributed by atoms with Crippen molar-refractivity contribution in [3.63, 3.8) is 0 Å². The molecule has 3 aromatic carbocycles.